The molecule has 0 aromatic heterocycles. The van der Waals surface area contributed by atoms with Crippen LogP contribution >= 0.6 is 15.9 Å². The van der Waals surface area contributed by atoms with Gasteiger partial charge >= 0.3 is 0 Å². The SMILES string of the molecule is O=Cc1cc2ccccc2c(O)c1-c1ccccc1Br. The lowest BCUT2D eigenvalue weighted by molar-refractivity contribution is 0.112. The van der Waals surface area contributed by atoms with Gasteiger partial charge in [-0.3, -0.25) is 4.79 Å². The molecule has 20 heavy (non-hydrogen) atoms. The van der Waals surface area contributed by atoms with E-state index in [-0.39, 0.29) is 5.75 Å². The number of carbonyl (C=O) groups is 1. The number of hydrogen-bond donors (Lipinski definition) is 1. The number of carbonyl (C=O) groups excluding carboxylic acids is 1. The Morgan fingerprint density at radius 2 is 1.70 bits per heavy atom. The lowest BCUT2D eigenvalue weighted by atomic mass is 9.95. The van der Waals surface area contributed by atoms with Crippen LogP contribution in [-0.4, -0.2) is 11.4 Å². The maximum atomic E-state index is 11.4. The van der Waals surface area contributed by atoms with Crippen molar-refractivity contribution in [1.82, 2.24) is 0 Å². The summed E-state index contributed by atoms with van der Waals surface area (Å²) in [5.41, 5.74) is 1.84. The second kappa shape index (κ2) is 5.10. The highest BCUT2D eigenvalue weighted by Gasteiger charge is 2.15. The van der Waals surface area contributed by atoms with Crippen molar-refractivity contribution in [3.63, 3.8) is 0 Å². The molecule has 0 unspecified atom stereocenters. The summed E-state index contributed by atoms with van der Waals surface area (Å²) in [6.45, 7) is 0. The Balaban J connectivity index is 2.43. The Morgan fingerprint density at radius 3 is 2.45 bits per heavy atom. The molecule has 0 saturated heterocycles. The van der Waals surface area contributed by atoms with E-state index in [1.54, 1.807) is 6.07 Å². The molecule has 0 amide bonds. The van der Waals surface area contributed by atoms with Gasteiger partial charge in [-0.1, -0.05) is 58.4 Å². The molecule has 0 aliphatic heterocycles. The molecule has 0 saturated carbocycles. The van der Waals surface area contributed by atoms with Crippen LogP contribution in [0.4, 0.5) is 0 Å². The van der Waals surface area contributed by atoms with E-state index in [0.717, 1.165) is 27.1 Å². The topological polar surface area (TPSA) is 37.3 Å². The zero-order valence-corrected chi connectivity index (χ0v) is 12.1. The number of phenolic OH excluding ortho intramolecular Hbond substituents is 1. The first kappa shape index (κ1) is 12.9. The van der Waals surface area contributed by atoms with Crippen LogP contribution in [0.2, 0.25) is 0 Å². The summed E-state index contributed by atoms with van der Waals surface area (Å²) in [6.07, 6.45) is 0.779. The van der Waals surface area contributed by atoms with Crippen molar-refractivity contribution in [2.24, 2.45) is 0 Å². The molecule has 3 aromatic rings. The Kier molecular flexibility index (Phi) is 3.28. The Labute approximate surface area is 124 Å². The Morgan fingerprint density at radius 1 is 1.00 bits per heavy atom. The maximum absolute atomic E-state index is 11.4. The standard InChI is InChI=1S/C17H11BrO2/c18-15-8-4-3-7-14(15)16-12(10-19)9-11-5-1-2-6-13(11)17(16)20/h1-10,20H. The minimum atomic E-state index is 0.136. The number of rotatable bonds is 2. The quantitative estimate of drug-likeness (QED) is 0.687. The fraction of sp³-hybridized carbons (Fsp3) is 0. The molecule has 98 valence electrons. The van der Waals surface area contributed by atoms with Gasteiger partial charge < -0.3 is 5.11 Å². The van der Waals surface area contributed by atoms with Crippen LogP contribution in [-0.2, 0) is 0 Å². The first-order valence-corrected chi connectivity index (χ1v) is 6.96. The number of benzene rings is 3. The van der Waals surface area contributed by atoms with E-state index in [1.165, 1.54) is 0 Å². The summed E-state index contributed by atoms with van der Waals surface area (Å²) in [6, 6.07) is 16.8. The zero-order chi connectivity index (χ0) is 14.1. The summed E-state index contributed by atoms with van der Waals surface area (Å²) in [7, 11) is 0. The maximum Gasteiger partial charge on any atom is 0.150 e. The lowest BCUT2D eigenvalue weighted by Gasteiger charge is -2.12. The number of phenols is 1. The second-order valence-corrected chi connectivity index (χ2v) is 5.36. The van der Waals surface area contributed by atoms with Gasteiger partial charge in [0.15, 0.2) is 6.29 Å². The molecule has 2 nitrogen and oxygen atoms in total. The van der Waals surface area contributed by atoms with Crippen molar-refractivity contribution in [1.29, 1.82) is 0 Å². The first-order chi connectivity index (χ1) is 9.72. The molecule has 0 fully saturated rings. The zero-order valence-electron chi connectivity index (χ0n) is 10.5. The molecule has 0 aliphatic carbocycles. The number of aldehydes is 1. The number of hydrogen-bond acceptors (Lipinski definition) is 2. The van der Waals surface area contributed by atoms with Crippen LogP contribution in [0.1, 0.15) is 10.4 Å². The summed E-state index contributed by atoms with van der Waals surface area (Å²) >= 11 is 3.47. The van der Waals surface area contributed by atoms with E-state index in [9.17, 15) is 9.90 Å². The number of halogens is 1. The molecular formula is C17H11BrO2. The van der Waals surface area contributed by atoms with Gasteiger partial charge in [-0.25, -0.2) is 0 Å². The van der Waals surface area contributed by atoms with Crippen LogP contribution < -0.4 is 0 Å². The molecule has 0 spiro atoms. The molecule has 0 aliphatic rings. The molecule has 3 aromatic carbocycles. The van der Waals surface area contributed by atoms with Crippen molar-refractivity contribution < 1.29 is 9.90 Å². The summed E-state index contributed by atoms with van der Waals surface area (Å²) in [5, 5.41) is 12.1. The normalized spacial score (nSPS) is 10.7. The predicted octanol–water partition coefficient (Wildman–Crippen LogP) is 4.79. The Bertz CT molecular complexity index is 809. The van der Waals surface area contributed by atoms with Crippen LogP contribution in [0.25, 0.3) is 21.9 Å². The summed E-state index contributed by atoms with van der Waals surface area (Å²) < 4.78 is 0.841. The van der Waals surface area contributed by atoms with Crippen molar-refractivity contribution >= 4 is 33.0 Å². The first-order valence-electron chi connectivity index (χ1n) is 6.17. The molecule has 1 N–H and O–H groups in total. The van der Waals surface area contributed by atoms with Gasteiger partial charge in [-0.2, -0.15) is 0 Å². The van der Waals surface area contributed by atoms with Crippen molar-refractivity contribution in [3.8, 4) is 16.9 Å². The molecule has 0 bridgehead atoms. The third-order valence-corrected chi connectivity index (χ3v) is 4.01. The lowest BCUT2D eigenvalue weighted by Crippen LogP contribution is -1.91. The van der Waals surface area contributed by atoms with Crippen LogP contribution in [0.5, 0.6) is 5.75 Å². The largest absolute Gasteiger partial charge is 0.507 e. The van der Waals surface area contributed by atoms with Crippen LogP contribution in [0.3, 0.4) is 0 Å². The monoisotopic (exact) mass is 326 g/mol. The highest BCUT2D eigenvalue weighted by molar-refractivity contribution is 9.10. The third-order valence-electron chi connectivity index (χ3n) is 3.32. The van der Waals surface area contributed by atoms with E-state index in [4.69, 9.17) is 0 Å². The van der Waals surface area contributed by atoms with Gasteiger partial charge in [0, 0.05) is 26.5 Å². The minimum absolute atomic E-state index is 0.136. The smallest absolute Gasteiger partial charge is 0.150 e. The van der Waals surface area contributed by atoms with E-state index < -0.39 is 0 Å². The highest BCUT2D eigenvalue weighted by Crippen LogP contribution is 2.41. The average molecular weight is 327 g/mol. The van der Waals surface area contributed by atoms with Gasteiger partial charge in [0.2, 0.25) is 0 Å². The van der Waals surface area contributed by atoms with Crippen molar-refractivity contribution in [3.05, 3.63) is 64.6 Å². The van der Waals surface area contributed by atoms with Crippen LogP contribution in [0, 0.1) is 0 Å². The molecule has 3 rings (SSSR count). The average Bonchev–Trinajstić information content (AvgIpc) is 2.48. The van der Waals surface area contributed by atoms with Gasteiger partial charge in [0.25, 0.3) is 0 Å². The molecule has 0 radical (unpaired) electrons. The third kappa shape index (κ3) is 2.00. The fourth-order valence-corrected chi connectivity index (χ4v) is 2.87. The van der Waals surface area contributed by atoms with Gasteiger partial charge in [-0.15, -0.1) is 0 Å². The van der Waals surface area contributed by atoms with E-state index in [1.807, 2.05) is 48.5 Å². The molecule has 0 heterocycles. The van der Waals surface area contributed by atoms with E-state index in [2.05, 4.69) is 15.9 Å². The molecule has 0 atom stereocenters. The van der Waals surface area contributed by atoms with Crippen molar-refractivity contribution in [2.75, 3.05) is 0 Å². The number of fused-ring (bicyclic) bond motifs is 1. The number of aromatic hydroxyl groups is 1. The Hall–Kier alpha value is -2.13. The molecule has 3 heteroatoms. The van der Waals surface area contributed by atoms with E-state index in [0.29, 0.717) is 11.1 Å². The van der Waals surface area contributed by atoms with E-state index >= 15 is 0 Å². The minimum Gasteiger partial charge on any atom is -0.507 e. The predicted molar refractivity (Wildman–Crippen MR) is 84.1 cm³/mol. The second-order valence-electron chi connectivity index (χ2n) is 4.51. The van der Waals surface area contributed by atoms with Gasteiger partial charge in [0.1, 0.15) is 5.75 Å². The van der Waals surface area contributed by atoms with Gasteiger partial charge in [-0.05, 0) is 17.5 Å². The highest BCUT2D eigenvalue weighted by atomic mass is 79.9. The van der Waals surface area contributed by atoms with Crippen molar-refractivity contribution in [2.45, 2.75) is 0 Å². The fourth-order valence-electron chi connectivity index (χ4n) is 2.39. The van der Waals surface area contributed by atoms with Crippen LogP contribution in [0.15, 0.2) is 59.1 Å². The summed E-state index contributed by atoms with van der Waals surface area (Å²) in [4.78, 5) is 11.4. The molecular weight excluding hydrogens is 316 g/mol. The summed E-state index contributed by atoms with van der Waals surface area (Å²) in [5.74, 6) is 0.136. The van der Waals surface area contributed by atoms with Gasteiger partial charge in [0.05, 0.1) is 0 Å².